The topological polar surface area (TPSA) is 74.6 Å². The summed E-state index contributed by atoms with van der Waals surface area (Å²) in [7, 11) is 0. The van der Waals surface area contributed by atoms with Gasteiger partial charge in [-0.25, -0.2) is 0 Å². The van der Waals surface area contributed by atoms with Gasteiger partial charge in [-0.2, -0.15) is 0 Å². The minimum Gasteiger partial charge on any atom is -0.468 e. The molecule has 25 heavy (non-hydrogen) atoms. The summed E-state index contributed by atoms with van der Waals surface area (Å²) < 4.78 is 5.38. The largest absolute Gasteiger partial charge is 0.468 e. The number of nitrogens with zero attached hydrogens (tertiary/aromatic N) is 1. The molecule has 0 saturated carbocycles. The van der Waals surface area contributed by atoms with Crippen molar-refractivity contribution >= 4 is 23.2 Å². The van der Waals surface area contributed by atoms with Crippen molar-refractivity contribution in [2.75, 3.05) is 19.6 Å². The number of furan rings is 1. The van der Waals surface area contributed by atoms with Crippen LogP contribution in [0, 0.1) is 5.92 Å². The summed E-state index contributed by atoms with van der Waals surface area (Å²) in [5, 5.41) is 7.35. The van der Waals surface area contributed by atoms with Crippen LogP contribution in [0.3, 0.4) is 0 Å². The van der Waals surface area contributed by atoms with E-state index in [1.807, 2.05) is 29.6 Å². The number of likely N-dealkylation sites (tertiary alicyclic amines) is 1. The van der Waals surface area contributed by atoms with E-state index < -0.39 is 11.8 Å². The van der Waals surface area contributed by atoms with Crippen LogP contribution in [0.2, 0.25) is 0 Å². The highest BCUT2D eigenvalue weighted by molar-refractivity contribution is 7.09. The number of rotatable bonds is 6. The fourth-order valence-corrected chi connectivity index (χ4v) is 3.59. The number of hydrogen-bond donors (Lipinski definition) is 2. The minimum atomic E-state index is -0.566. The number of nitrogens with one attached hydrogen (secondary N) is 2. The first-order valence-electron chi connectivity index (χ1n) is 8.54. The van der Waals surface area contributed by atoms with Crippen LogP contribution in [0.25, 0.3) is 0 Å². The lowest BCUT2D eigenvalue weighted by atomic mass is 9.96. The molecule has 134 valence electrons. The van der Waals surface area contributed by atoms with Crippen molar-refractivity contribution in [3.63, 3.8) is 0 Å². The lowest BCUT2D eigenvalue weighted by Gasteiger charge is -2.31. The molecule has 0 unspecified atom stereocenters. The summed E-state index contributed by atoms with van der Waals surface area (Å²) in [6.07, 6.45) is 3.72. The Hall–Kier alpha value is -2.12. The third-order valence-electron chi connectivity index (χ3n) is 4.43. The van der Waals surface area contributed by atoms with E-state index in [-0.39, 0.29) is 0 Å². The molecule has 1 aliphatic rings. The molecule has 1 aliphatic heterocycles. The van der Waals surface area contributed by atoms with Crippen molar-refractivity contribution in [1.29, 1.82) is 0 Å². The van der Waals surface area contributed by atoms with Gasteiger partial charge in [-0.3, -0.25) is 14.5 Å². The molecule has 3 heterocycles. The van der Waals surface area contributed by atoms with Gasteiger partial charge < -0.3 is 15.1 Å². The van der Waals surface area contributed by atoms with Gasteiger partial charge in [-0.05, 0) is 55.4 Å². The van der Waals surface area contributed by atoms with Crippen molar-refractivity contribution in [1.82, 2.24) is 15.5 Å². The molecule has 0 radical (unpaired) electrons. The zero-order valence-corrected chi connectivity index (χ0v) is 14.9. The van der Waals surface area contributed by atoms with E-state index in [0.717, 1.165) is 43.1 Å². The van der Waals surface area contributed by atoms with Gasteiger partial charge in [0.05, 0.1) is 19.4 Å². The maximum atomic E-state index is 11.9. The Kier molecular flexibility index (Phi) is 6.25. The summed E-state index contributed by atoms with van der Waals surface area (Å²) in [6.45, 7) is 3.74. The number of carbonyl (C=O) groups is 2. The monoisotopic (exact) mass is 361 g/mol. The Morgan fingerprint density at radius 2 is 1.96 bits per heavy atom. The number of piperidine rings is 1. The van der Waals surface area contributed by atoms with E-state index in [0.29, 0.717) is 19.0 Å². The first-order valence-corrected chi connectivity index (χ1v) is 9.42. The van der Waals surface area contributed by atoms with Gasteiger partial charge in [-0.15, -0.1) is 11.3 Å². The van der Waals surface area contributed by atoms with E-state index in [2.05, 4.69) is 15.5 Å². The first kappa shape index (κ1) is 17.7. The fraction of sp³-hybridized carbons (Fsp3) is 0.444. The Labute approximate surface area is 151 Å². The van der Waals surface area contributed by atoms with Gasteiger partial charge in [0.15, 0.2) is 0 Å². The maximum Gasteiger partial charge on any atom is 0.309 e. The second-order valence-electron chi connectivity index (χ2n) is 6.27. The van der Waals surface area contributed by atoms with Gasteiger partial charge in [0, 0.05) is 11.4 Å². The lowest BCUT2D eigenvalue weighted by molar-refractivity contribution is -0.139. The Morgan fingerprint density at radius 1 is 1.16 bits per heavy atom. The third-order valence-corrected chi connectivity index (χ3v) is 5.30. The Morgan fingerprint density at radius 3 is 2.64 bits per heavy atom. The molecule has 1 fully saturated rings. The fourth-order valence-electron chi connectivity index (χ4n) is 2.95. The highest BCUT2D eigenvalue weighted by Crippen LogP contribution is 2.18. The normalized spacial score (nSPS) is 15.8. The number of hydrogen-bond acceptors (Lipinski definition) is 5. The molecule has 0 bridgehead atoms. The van der Waals surface area contributed by atoms with Gasteiger partial charge in [0.1, 0.15) is 5.76 Å². The molecule has 0 aromatic carbocycles. The molecule has 2 amide bonds. The predicted molar refractivity (Wildman–Crippen MR) is 95.9 cm³/mol. The molecule has 0 atom stereocenters. The SMILES string of the molecule is O=C(NCc1cccs1)C(=O)NCC1CCN(Cc2ccco2)CC1. The highest BCUT2D eigenvalue weighted by atomic mass is 32.1. The molecule has 6 nitrogen and oxygen atoms in total. The smallest absolute Gasteiger partial charge is 0.309 e. The Balaban J connectivity index is 1.32. The zero-order valence-electron chi connectivity index (χ0n) is 14.1. The van der Waals surface area contributed by atoms with Crippen molar-refractivity contribution in [3.8, 4) is 0 Å². The third kappa shape index (κ3) is 5.44. The zero-order chi connectivity index (χ0) is 17.5. The van der Waals surface area contributed by atoms with Gasteiger partial charge in [-0.1, -0.05) is 6.07 Å². The van der Waals surface area contributed by atoms with Crippen LogP contribution in [0.1, 0.15) is 23.5 Å². The standard InChI is InChI=1S/C18H23N3O3S/c22-17(18(23)20-12-16-4-2-10-25-16)19-11-14-5-7-21(8-6-14)13-15-3-1-9-24-15/h1-4,9-10,14H,5-8,11-13H2,(H,19,22)(H,20,23). The molecule has 0 aliphatic carbocycles. The van der Waals surface area contributed by atoms with Crippen molar-refractivity contribution in [3.05, 3.63) is 46.5 Å². The second-order valence-corrected chi connectivity index (χ2v) is 7.30. The average molecular weight is 361 g/mol. The molecule has 0 spiro atoms. The maximum absolute atomic E-state index is 11.9. The van der Waals surface area contributed by atoms with Crippen molar-refractivity contribution < 1.29 is 14.0 Å². The molecular weight excluding hydrogens is 338 g/mol. The van der Waals surface area contributed by atoms with E-state index in [1.54, 1.807) is 17.6 Å². The van der Waals surface area contributed by atoms with Gasteiger partial charge in [0.2, 0.25) is 0 Å². The van der Waals surface area contributed by atoms with Crippen molar-refractivity contribution in [2.24, 2.45) is 5.92 Å². The highest BCUT2D eigenvalue weighted by Gasteiger charge is 2.21. The number of carbonyl (C=O) groups excluding carboxylic acids is 2. The van der Waals surface area contributed by atoms with Crippen LogP contribution >= 0.6 is 11.3 Å². The van der Waals surface area contributed by atoms with Crippen molar-refractivity contribution in [2.45, 2.75) is 25.9 Å². The Bertz CT molecular complexity index is 662. The van der Waals surface area contributed by atoms with Gasteiger partial charge in [0.25, 0.3) is 0 Å². The van der Waals surface area contributed by atoms with Crippen LogP contribution < -0.4 is 10.6 Å². The summed E-state index contributed by atoms with van der Waals surface area (Å²) in [5.41, 5.74) is 0. The second kappa shape index (κ2) is 8.82. The van der Waals surface area contributed by atoms with Crippen LogP contribution in [0.4, 0.5) is 0 Å². The lowest BCUT2D eigenvalue weighted by Crippen LogP contribution is -2.43. The number of amides is 2. The van der Waals surface area contributed by atoms with E-state index in [1.165, 1.54) is 0 Å². The van der Waals surface area contributed by atoms with Gasteiger partial charge >= 0.3 is 11.8 Å². The molecule has 2 N–H and O–H groups in total. The van der Waals surface area contributed by atoms with E-state index in [4.69, 9.17) is 4.42 Å². The summed E-state index contributed by atoms with van der Waals surface area (Å²) in [6, 6.07) is 7.74. The summed E-state index contributed by atoms with van der Waals surface area (Å²) in [5.74, 6) is 0.286. The van der Waals surface area contributed by atoms with Crippen LogP contribution in [-0.4, -0.2) is 36.3 Å². The quantitative estimate of drug-likeness (QED) is 0.772. The predicted octanol–water partition coefficient (Wildman–Crippen LogP) is 1.99. The van der Waals surface area contributed by atoms with Crippen LogP contribution in [0.5, 0.6) is 0 Å². The molecule has 1 saturated heterocycles. The first-order chi connectivity index (χ1) is 12.2. The summed E-state index contributed by atoms with van der Waals surface area (Å²) in [4.78, 5) is 27.1. The van der Waals surface area contributed by atoms with Crippen LogP contribution in [-0.2, 0) is 22.7 Å². The molecule has 7 heteroatoms. The molecular formula is C18H23N3O3S. The molecule has 3 rings (SSSR count). The minimum absolute atomic E-state index is 0.398. The number of thiophene rings is 1. The van der Waals surface area contributed by atoms with Crippen LogP contribution in [0.15, 0.2) is 40.3 Å². The average Bonchev–Trinajstić information content (AvgIpc) is 3.32. The van der Waals surface area contributed by atoms with E-state index in [9.17, 15) is 9.59 Å². The molecule has 2 aromatic heterocycles. The summed E-state index contributed by atoms with van der Waals surface area (Å²) >= 11 is 1.56. The van der Waals surface area contributed by atoms with E-state index >= 15 is 0 Å². The molecule has 2 aromatic rings.